The lowest BCUT2D eigenvalue weighted by Crippen LogP contribution is -2.29. The van der Waals surface area contributed by atoms with E-state index in [1.165, 1.54) is 12.1 Å². The number of carboxylic acids is 6. The molecule has 0 amide bonds. The van der Waals surface area contributed by atoms with E-state index in [2.05, 4.69) is 23.7 Å². The van der Waals surface area contributed by atoms with Crippen LogP contribution in [0, 0.1) is 95.7 Å². The van der Waals surface area contributed by atoms with E-state index in [4.69, 9.17) is 63.0 Å². The predicted molar refractivity (Wildman–Crippen MR) is 399 cm³/mol. The number of hydrogen-bond acceptors (Lipinski definition) is 12. The van der Waals surface area contributed by atoms with Gasteiger partial charge in [-0.15, -0.1) is 0 Å². The van der Waals surface area contributed by atoms with Crippen LogP contribution < -0.4 is 32.4 Å². The minimum absolute atomic E-state index is 0.0659. The highest BCUT2D eigenvalue weighted by Gasteiger charge is 2.25. The molecule has 6 aromatic carbocycles. The quantitative estimate of drug-likeness (QED) is 0.00565. The fourth-order valence-corrected chi connectivity index (χ4v) is 11.9. The standard InChI is InChI=1S/2C35H32F5NO5.2C6H14N2O2/c2*1-21-25(7-4-8-30(42)43)32-27(36)17-14-23(35(32)41(21)18-5-9-31(44)45)13-10-22-11-15-24(16-12-22)46-19-3-2-6-26-28(37)20-29(38)34(40)33(26)39;2*7-4-2-1-3-5(8)6(9)10/h2*11-12,14-17,20H,2-9,18-19H2,1H3,(H,42,43)(H,44,45);2*5H,1-4,7-8H2,(H,9,10). The molecule has 0 spiro atoms. The maximum absolute atomic E-state index is 15.2. The number of nitrogens with two attached hydrogens (primary N) is 4. The number of aryl methyl sites for hydroxylation is 4. The summed E-state index contributed by atoms with van der Waals surface area (Å²) in [6.07, 6.45) is 7.17. The van der Waals surface area contributed by atoms with E-state index >= 15 is 8.78 Å². The fourth-order valence-electron chi connectivity index (χ4n) is 11.9. The van der Waals surface area contributed by atoms with Crippen LogP contribution in [0.4, 0.5) is 43.9 Å². The van der Waals surface area contributed by atoms with Crippen molar-refractivity contribution in [2.24, 2.45) is 22.9 Å². The van der Waals surface area contributed by atoms with Gasteiger partial charge in [0.05, 0.1) is 24.2 Å². The molecule has 30 heteroatoms. The molecule has 0 aliphatic carbocycles. The molecule has 0 saturated carbocycles. The summed E-state index contributed by atoms with van der Waals surface area (Å²) in [6.45, 7) is 5.91. The van der Waals surface area contributed by atoms with E-state index < -0.39 is 117 Å². The second-order valence-electron chi connectivity index (χ2n) is 26.1. The fraction of sp³-hybridized carbons (Fsp3) is 0.390. The zero-order chi connectivity index (χ0) is 82.7. The van der Waals surface area contributed by atoms with Crippen molar-refractivity contribution >= 4 is 57.6 Å². The van der Waals surface area contributed by atoms with Gasteiger partial charge in [0.25, 0.3) is 0 Å². The van der Waals surface area contributed by atoms with Gasteiger partial charge in [-0.2, -0.15) is 0 Å². The zero-order valence-corrected chi connectivity index (χ0v) is 62.0. The smallest absolute Gasteiger partial charge is 0.320 e. The molecule has 0 aliphatic rings. The number of aromatic nitrogens is 2. The number of carbonyl (C=O) groups is 6. The molecule has 8 rings (SSSR count). The van der Waals surface area contributed by atoms with Crippen LogP contribution >= 0.6 is 0 Å². The molecule has 8 aromatic rings. The summed E-state index contributed by atoms with van der Waals surface area (Å²) >= 11 is 0. The van der Waals surface area contributed by atoms with E-state index in [0.29, 0.717) is 169 Å². The van der Waals surface area contributed by atoms with Crippen molar-refractivity contribution in [3.8, 4) is 35.2 Å². The average molecular weight is 1580 g/mol. The van der Waals surface area contributed by atoms with E-state index in [-0.39, 0.29) is 64.6 Å². The Labute approximate surface area is 640 Å². The van der Waals surface area contributed by atoms with Gasteiger partial charge >= 0.3 is 35.8 Å². The zero-order valence-electron chi connectivity index (χ0n) is 62.0. The van der Waals surface area contributed by atoms with Crippen LogP contribution in [0.1, 0.15) is 171 Å². The Morgan fingerprint density at radius 1 is 0.384 bits per heavy atom. The molecule has 2 atom stereocenters. The van der Waals surface area contributed by atoms with E-state index in [1.54, 1.807) is 60.7 Å². The van der Waals surface area contributed by atoms with Crippen LogP contribution in [0.2, 0.25) is 0 Å². The van der Waals surface area contributed by atoms with Gasteiger partial charge in [0.15, 0.2) is 34.9 Å². The topological polar surface area (TPSA) is 356 Å². The summed E-state index contributed by atoms with van der Waals surface area (Å²) in [4.78, 5) is 64.7. The molecule has 0 fully saturated rings. The molecule has 14 N–H and O–H groups in total. The molecule has 2 aromatic heterocycles. The van der Waals surface area contributed by atoms with Gasteiger partial charge in [-0.05, 0) is 214 Å². The van der Waals surface area contributed by atoms with Crippen molar-refractivity contribution in [1.82, 2.24) is 9.13 Å². The first-order valence-corrected chi connectivity index (χ1v) is 36.3. The van der Waals surface area contributed by atoms with Crippen LogP contribution in [0.5, 0.6) is 11.5 Å². The van der Waals surface area contributed by atoms with Crippen LogP contribution in [0.25, 0.3) is 21.8 Å². The van der Waals surface area contributed by atoms with Gasteiger partial charge in [-0.1, -0.05) is 36.5 Å². The lowest BCUT2D eigenvalue weighted by Gasteiger charge is -2.09. The number of aliphatic carboxylic acids is 6. The third kappa shape index (κ3) is 28.4. The molecule has 2 unspecified atom stereocenters. The number of nitrogens with zero attached hydrogens (tertiary/aromatic N) is 2. The third-order valence-corrected chi connectivity index (χ3v) is 17.8. The number of carboxylic acid groups (broad SMARTS) is 6. The summed E-state index contributed by atoms with van der Waals surface area (Å²) in [5.74, 6) is -5.05. The van der Waals surface area contributed by atoms with Crippen LogP contribution in [0.15, 0.2) is 84.9 Å². The largest absolute Gasteiger partial charge is 0.494 e. The second kappa shape index (κ2) is 46.7. The summed E-state index contributed by atoms with van der Waals surface area (Å²) in [5.41, 5.74) is 26.1. The Morgan fingerprint density at radius 2 is 0.714 bits per heavy atom. The lowest BCUT2D eigenvalue weighted by molar-refractivity contribution is -0.139. The summed E-state index contributed by atoms with van der Waals surface area (Å²) in [6, 6.07) is 18.7. The lowest BCUT2D eigenvalue weighted by atomic mass is 10.0. The molecule has 0 radical (unpaired) electrons. The first kappa shape index (κ1) is 91.7. The highest BCUT2D eigenvalue weighted by atomic mass is 19.2. The number of fused-ring (bicyclic) bond motifs is 2. The maximum Gasteiger partial charge on any atom is 0.320 e. The minimum atomic E-state index is -1.70. The highest BCUT2D eigenvalue weighted by Crippen LogP contribution is 2.35. The van der Waals surface area contributed by atoms with Gasteiger partial charge in [0.1, 0.15) is 46.9 Å². The van der Waals surface area contributed by atoms with Crippen molar-refractivity contribution in [1.29, 1.82) is 0 Å². The summed E-state index contributed by atoms with van der Waals surface area (Å²) < 4.78 is 154. The third-order valence-electron chi connectivity index (χ3n) is 17.8. The Morgan fingerprint density at radius 3 is 1.04 bits per heavy atom. The number of hydrogen-bond donors (Lipinski definition) is 10. The number of benzene rings is 6. The van der Waals surface area contributed by atoms with Crippen LogP contribution in [0.3, 0.4) is 0 Å². The first-order valence-electron chi connectivity index (χ1n) is 36.3. The predicted octanol–water partition coefficient (Wildman–Crippen LogP) is 14.5. The number of ether oxygens (including phenoxy) is 2. The van der Waals surface area contributed by atoms with Crippen LogP contribution in [-0.4, -0.2) is 114 Å². The van der Waals surface area contributed by atoms with E-state index in [9.17, 15) is 63.9 Å². The van der Waals surface area contributed by atoms with Crippen molar-refractivity contribution in [3.05, 3.63) is 199 Å². The highest BCUT2D eigenvalue weighted by molar-refractivity contribution is 5.92. The normalized spacial score (nSPS) is 11.4. The molecular formula is C82H92F10N6O14. The molecule has 0 saturated heterocycles. The Bertz CT molecular complexity index is 4370. The average Bonchev–Trinajstić information content (AvgIpc) is 1.60. The van der Waals surface area contributed by atoms with Gasteiger partial charge < -0.3 is 72.2 Å². The van der Waals surface area contributed by atoms with Crippen molar-refractivity contribution < 1.29 is 113 Å². The monoisotopic (exact) mass is 1570 g/mol. The van der Waals surface area contributed by atoms with Crippen molar-refractivity contribution in [2.75, 3.05) is 26.3 Å². The van der Waals surface area contributed by atoms with Gasteiger partial charge in [0.2, 0.25) is 0 Å². The van der Waals surface area contributed by atoms with E-state index in [1.807, 2.05) is 23.0 Å². The van der Waals surface area contributed by atoms with E-state index in [0.717, 1.165) is 37.1 Å². The molecule has 0 bridgehead atoms. The molecular weight excluding hydrogens is 1480 g/mol. The number of unbranched alkanes of at least 4 members (excludes halogenated alkanes) is 4. The van der Waals surface area contributed by atoms with Gasteiger partial charge in [0, 0.05) is 106 Å². The molecule has 0 aliphatic heterocycles. The Hall–Kier alpha value is -10.9. The molecule has 20 nitrogen and oxygen atoms in total. The number of halogens is 10. The van der Waals surface area contributed by atoms with Gasteiger partial charge in [-0.25, -0.2) is 43.9 Å². The number of rotatable bonds is 38. The second-order valence-corrected chi connectivity index (χ2v) is 26.1. The molecule has 2 heterocycles. The Balaban J connectivity index is 0.000000321. The minimum Gasteiger partial charge on any atom is -0.494 e. The van der Waals surface area contributed by atoms with Crippen molar-refractivity contribution in [3.63, 3.8) is 0 Å². The van der Waals surface area contributed by atoms with Gasteiger partial charge in [-0.3, -0.25) is 28.8 Å². The maximum atomic E-state index is 15.2. The first-order chi connectivity index (χ1) is 53.3. The Kier molecular flexibility index (Phi) is 38.2. The molecule has 112 heavy (non-hydrogen) atoms. The van der Waals surface area contributed by atoms with Crippen molar-refractivity contribution in [2.45, 2.75) is 180 Å². The summed E-state index contributed by atoms with van der Waals surface area (Å²) in [7, 11) is 0. The SMILES string of the molecule is Cc1c(CCCC(=O)O)c2c(F)ccc(C#Cc3ccc(OCCCCc4c(F)cc(F)c(F)c4F)cc3)c2n1CCCC(=O)O.Cc1c(CCCC(=O)O)c2c(F)ccc(C#Cc3ccc(OCCCCc4c(F)cc(F)c(F)c4F)cc3)c2n1CCCC(=O)O.NCCCCC(N)C(=O)O.NCCCCC(N)C(=O)O. The van der Waals surface area contributed by atoms with Crippen LogP contribution in [-0.2, 0) is 67.5 Å². The molecule has 604 valence electrons. The summed E-state index contributed by atoms with van der Waals surface area (Å²) in [5, 5.41) is 53.7.